The number of hydrogen-bond donors (Lipinski definition) is 0. The smallest absolute Gasteiger partial charge is 0.184 e. The van der Waals surface area contributed by atoms with Gasteiger partial charge in [-0.1, -0.05) is 13.3 Å². The largest absolute Gasteiger partial charge is 0.413 e. The van der Waals surface area contributed by atoms with Crippen LogP contribution in [0.15, 0.2) is 0 Å². The normalized spacial score (nSPS) is 14.5. The second-order valence-corrected chi connectivity index (χ2v) is 8.93. The lowest BCUT2D eigenvalue weighted by atomic mass is 10.4. The first-order chi connectivity index (χ1) is 5.95. The van der Waals surface area contributed by atoms with Gasteiger partial charge in [-0.2, -0.15) is 0 Å². The Morgan fingerprint density at radius 3 is 2.31 bits per heavy atom. The summed E-state index contributed by atoms with van der Waals surface area (Å²) in [6, 6.07) is 0. The van der Waals surface area contributed by atoms with Gasteiger partial charge in [0.05, 0.1) is 12.7 Å². The molecule has 0 fully saturated rings. The van der Waals surface area contributed by atoms with E-state index in [1.807, 2.05) is 0 Å². The van der Waals surface area contributed by atoms with E-state index < -0.39 is 8.32 Å². The predicted molar refractivity (Wildman–Crippen MR) is 59.6 cm³/mol. The number of rotatable bonds is 7. The maximum atomic E-state index is 5.83. The summed E-state index contributed by atoms with van der Waals surface area (Å²) in [6.07, 6.45) is 2.60. The maximum absolute atomic E-state index is 5.83. The number of unbranched alkanes of at least 4 members (excludes halogenated alkanes) is 1. The second kappa shape index (κ2) is 6.57. The molecular formula is C10H24O2Si. The molecule has 1 unspecified atom stereocenters. The highest BCUT2D eigenvalue weighted by atomic mass is 28.4. The Kier molecular flexibility index (Phi) is 6.64. The molecule has 0 saturated carbocycles. The van der Waals surface area contributed by atoms with Gasteiger partial charge in [-0.25, -0.2) is 0 Å². The highest BCUT2D eigenvalue weighted by molar-refractivity contribution is 6.69. The van der Waals surface area contributed by atoms with Gasteiger partial charge >= 0.3 is 0 Å². The van der Waals surface area contributed by atoms with E-state index in [2.05, 4.69) is 33.5 Å². The van der Waals surface area contributed by atoms with Crippen LogP contribution in [0.5, 0.6) is 0 Å². The van der Waals surface area contributed by atoms with Gasteiger partial charge in [0, 0.05) is 6.61 Å². The Labute approximate surface area is 83.8 Å². The van der Waals surface area contributed by atoms with Crippen molar-refractivity contribution in [3.05, 3.63) is 0 Å². The molecule has 0 rings (SSSR count). The van der Waals surface area contributed by atoms with Gasteiger partial charge in [0.2, 0.25) is 0 Å². The van der Waals surface area contributed by atoms with Crippen LogP contribution in [0.2, 0.25) is 19.6 Å². The zero-order valence-electron chi connectivity index (χ0n) is 9.72. The van der Waals surface area contributed by atoms with E-state index in [0.29, 0.717) is 0 Å². The van der Waals surface area contributed by atoms with Gasteiger partial charge in [-0.3, -0.25) is 0 Å². The van der Waals surface area contributed by atoms with Crippen LogP contribution in [-0.2, 0) is 9.16 Å². The van der Waals surface area contributed by atoms with Crippen LogP contribution in [-0.4, -0.2) is 27.6 Å². The highest BCUT2D eigenvalue weighted by Crippen LogP contribution is 2.07. The maximum Gasteiger partial charge on any atom is 0.184 e. The third-order valence-corrected chi connectivity index (χ3v) is 2.66. The van der Waals surface area contributed by atoms with Crippen LogP contribution in [0.25, 0.3) is 0 Å². The summed E-state index contributed by atoms with van der Waals surface area (Å²) in [5.41, 5.74) is 0. The molecule has 0 aliphatic carbocycles. The summed E-state index contributed by atoms with van der Waals surface area (Å²) in [5.74, 6) is 0. The van der Waals surface area contributed by atoms with Crippen LogP contribution >= 0.6 is 0 Å². The topological polar surface area (TPSA) is 18.5 Å². The van der Waals surface area contributed by atoms with Gasteiger partial charge in [-0.05, 0) is 33.0 Å². The van der Waals surface area contributed by atoms with Gasteiger partial charge in [0.1, 0.15) is 0 Å². The molecule has 0 bridgehead atoms. The van der Waals surface area contributed by atoms with Crippen molar-refractivity contribution in [1.82, 2.24) is 0 Å². The molecular weight excluding hydrogens is 180 g/mol. The highest BCUT2D eigenvalue weighted by Gasteiger charge is 2.17. The molecule has 0 aromatic carbocycles. The molecule has 2 nitrogen and oxygen atoms in total. The van der Waals surface area contributed by atoms with Crippen LogP contribution in [0.3, 0.4) is 0 Å². The molecule has 3 heteroatoms. The van der Waals surface area contributed by atoms with E-state index in [-0.39, 0.29) is 6.10 Å². The summed E-state index contributed by atoms with van der Waals surface area (Å²) in [7, 11) is -1.37. The summed E-state index contributed by atoms with van der Waals surface area (Å²) in [5, 5.41) is 0. The SMILES string of the molecule is CCCCOCC(C)O[Si](C)(C)C. The monoisotopic (exact) mass is 204 g/mol. The summed E-state index contributed by atoms with van der Waals surface area (Å²) in [6.45, 7) is 12.5. The molecule has 0 spiro atoms. The fourth-order valence-electron chi connectivity index (χ4n) is 1.13. The molecule has 80 valence electrons. The van der Waals surface area contributed by atoms with E-state index >= 15 is 0 Å². The lowest BCUT2D eigenvalue weighted by Gasteiger charge is -2.23. The third kappa shape index (κ3) is 10.1. The van der Waals surface area contributed by atoms with E-state index in [0.717, 1.165) is 19.6 Å². The second-order valence-electron chi connectivity index (χ2n) is 4.47. The third-order valence-electron chi connectivity index (χ3n) is 1.55. The fraction of sp³-hybridized carbons (Fsp3) is 1.00. The summed E-state index contributed by atoms with van der Waals surface area (Å²) >= 11 is 0. The van der Waals surface area contributed by atoms with Crippen molar-refractivity contribution < 1.29 is 9.16 Å². The first-order valence-electron chi connectivity index (χ1n) is 5.21. The van der Waals surface area contributed by atoms with Crippen LogP contribution in [0.4, 0.5) is 0 Å². The Morgan fingerprint density at radius 2 is 1.85 bits per heavy atom. The van der Waals surface area contributed by atoms with Gasteiger partial charge < -0.3 is 9.16 Å². The molecule has 0 aromatic rings. The molecule has 0 amide bonds. The Hall–Kier alpha value is 0.137. The lowest BCUT2D eigenvalue weighted by Crippen LogP contribution is -2.32. The molecule has 0 N–H and O–H groups in total. The predicted octanol–water partition coefficient (Wildman–Crippen LogP) is 3.04. The van der Waals surface area contributed by atoms with Gasteiger partial charge in [-0.15, -0.1) is 0 Å². The zero-order chi connectivity index (χ0) is 10.3. The van der Waals surface area contributed by atoms with Crippen LogP contribution < -0.4 is 0 Å². The van der Waals surface area contributed by atoms with Crippen molar-refractivity contribution >= 4 is 8.32 Å². The zero-order valence-corrected chi connectivity index (χ0v) is 10.7. The summed E-state index contributed by atoms with van der Waals surface area (Å²) < 4.78 is 11.3. The van der Waals surface area contributed by atoms with Gasteiger partial charge in [0.15, 0.2) is 8.32 Å². The molecule has 13 heavy (non-hydrogen) atoms. The molecule has 0 saturated heterocycles. The minimum Gasteiger partial charge on any atom is -0.413 e. The van der Waals surface area contributed by atoms with Crippen LogP contribution in [0.1, 0.15) is 26.7 Å². The Morgan fingerprint density at radius 1 is 1.23 bits per heavy atom. The molecule has 0 radical (unpaired) electrons. The minimum absolute atomic E-state index is 0.253. The number of ether oxygens (including phenoxy) is 1. The Bertz CT molecular complexity index is 121. The van der Waals surface area contributed by atoms with E-state index in [4.69, 9.17) is 9.16 Å². The summed E-state index contributed by atoms with van der Waals surface area (Å²) in [4.78, 5) is 0. The molecule has 1 atom stereocenters. The first kappa shape index (κ1) is 13.1. The Balaban J connectivity index is 3.35. The van der Waals surface area contributed by atoms with Crippen molar-refractivity contribution in [3.63, 3.8) is 0 Å². The van der Waals surface area contributed by atoms with E-state index in [1.54, 1.807) is 0 Å². The molecule has 0 aliphatic rings. The average Bonchev–Trinajstić information content (AvgIpc) is 1.94. The van der Waals surface area contributed by atoms with E-state index in [9.17, 15) is 0 Å². The van der Waals surface area contributed by atoms with E-state index in [1.165, 1.54) is 6.42 Å². The van der Waals surface area contributed by atoms with Crippen molar-refractivity contribution in [2.24, 2.45) is 0 Å². The molecule has 0 aliphatic heterocycles. The van der Waals surface area contributed by atoms with Crippen molar-refractivity contribution in [1.29, 1.82) is 0 Å². The standard InChI is InChI=1S/C10H24O2Si/c1-6-7-8-11-9-10(2)12-13(3,4)5/h10H,6-9H2,1-5H3. The fourth-order valence-corrected chi connectivity index (χ4v) is 2.41. The number of hydrogen-bond acceptors (Lipinski definition) is 2. The first-order valence-corrected chi connectivity index (χ1v) is 8.62. The molecule has 0 heterocycles. The van der Waals surface area contributed by atoms with Crippen molar-refractivity contribution in [2.45, 2.75) is 52.4 Å². The molecule has 0 aromatic heterocycles. The van der Waals surface area contributed by atoms with Gasteiger partial charge in [0.25, 0.3) is 0 Å². The van der Waals surface area contributed by atoms with Crippen LogP contribution in [0, 0.1) is 0 Å². The van der Waals surface area contributed by atoms with Crippen molar-refractivity contribution in [3.8, 4) is 0 Å². The average molecular weight is 204 g/mol. The quantitative estimate of drug-likeness (QED) is 0.469. The minimum atomic E-state index is -1.37. The lowest BCUT2D eigenvalue weighted by molar-refractivity contribution is 0.0538. The van der Waals surface area contributed by atoms with Crippen molar-refractivity contribution in [2.75, 3.05) is 13.2 Å².